The predicted molar refractivity (Wildman–Crippen MR) is 113 cm³/mol. The van der Waals surface area contributed by atoms with E-state index in [0.29, 0.717) is 46.5 Å². The van der Waals surface area contributed by atoms with Crippen molar-refractivity contribution in [3.63, 3.8) is 0 Å². The van der Waals surface area contributed by atoms with Gasteiger partial charge in [-0.15, -0.1) is 11.8 Å². The zero-order valence-electron chi connectivity index (χ0n) is 16.2. The molecule has 1 fully saturated rings. The second kappa shape index (κ2) is 8.67. The zero-order chi connectivity index (χ0) is 20.4. The lowest BCUT2D eigenvalue weighted by molar-refractivity contribution is 0.0971. The van der Waals surface area contributed by atoms with Crippen molar-refractivity contribution in [3.8, 4) is 11.5 Å². The van der Waals surface area contributed by atoms with Crippen LogP contribution in [0.4, 0.5) is 4.79 Å². The fourth-order valence-corrected chi connectivity index (χ4v) is 5.23. The first-order chi connectivity index (χ1) is 14.1. The van der Waals surface area contributed by atoms with Crippen LogP contribution in [0.15, 0.2) is 41.3 Å². The molecule has 0 aliphatic carbocycles. The Labute approximate surface area is 179 Å². The summed E-state index contributed by atoms with van der Waals surface area (Å²) in [6.07, 6.45) is 3.09. The first-order valence-electron chi connectivity index (χ1n) is 9.70. The highest BCUT2D eigenvalue weighted by molar-refractivity contribution is 7.99. The minimum Gasteiger partial charge on any atom is -0.496 e. The number of benzene rings is 2. The van der Waals surface area contributed by atoms with Gasteiger partial charge in [0.05, 0.1) is 17.6 Å². The maximum absolute atomic E-state index is 13.0. The third kappa shape index (κ3) is 4.23. The van der Waals surface area contributed by atoms with Crippen molar-refractivity contribution in [1.82, 2.24) is 4.90 Å². The third-order valence-corrected chi connectivity index (χ3v) is 6.88. The number of carbonyl (C=O) groups excluding carboxylic acids is 2. The second-order valence-corrected chi connectivity index (χ2v) is 8.82. The molecule has 7 heteroatoms. The molecule has 2 aliphatic heterocycles. The van der Waals surface area contributed by atoms with Crippen LogP contribution < -0.4 is 9.47 Å². The molecule has 2 heterocycles. The van der Waals surface area contributed by atoms with Gasteiger partial charge >= 0.3 is 6.09 Å². The number of nitrogens with zero attached hydrogens (tertiary/aromatic N) is 1. The van der Waals surface area contributed by atoms with Gasteiger partial charge in [-0.3, -0.25) is 4.79 Å². The Morgan fingerprint density at radius 3 is 2.45 bits per heavy atom. The average molecular weight is 432 g/mol. The Balaban J connectivity index is 1.66. The SMILES string of the molecule is COc1ccc(OC(=O)N2CCCCC2)c2c1C(=O)CC(c1ccc(Cl)cc1)S2. The zero-order valence-corrected chi connectivity index (χ0v) is 17.7. The maximum atomic E-state index is 13.0. The van der Waals surface area contributed by atoms with Crippen LogP contribution in [0.3, 0.4) is 0 Å². The number of piperidine rings is 1. The Hall–Kier alpha value is -2.18. The maximum Gasteiger partial charge on any atom is 0.415 e. The number of likely N-dealkylation sites (tertiary alicyclic amines) is 1. The molecule has 5 nitrogen and oxygen atoms in total. The molecule has 1 saturated heterocycles. The number of halogens is 1. The minimum atomic E-state index is -0.362. The van der Waals surface area contributed by atoms with Gasteiger partial charge in [0.2, 0.25) is 0 Å². The van der Waals surface area contributed by atoms with Crippen LogP contribution in [0.2, 0.25) is 5.02 Å². The van der Waals surface area contributed by atoms with E-state index >= 15 is 0 Å². The number of hydrogen-bond donors (Lipinski definition) is 0. The third-order valence-electron chi connectivity index (χ3n) is 5.27. The van der Waals surface area contributed by atoms with E-state index in [1.165, 1.54) is 18.9 Å². The molecule has 2 aliphatic rings. The highest BCUT2D eigenvalue weighted by Crippen LogP contribution is 2.51. The lowest BCUT2D eigenvalue weighted by Gasteiger charge is -2.28. The molecule has 1 amide bonds. The summed E-state index contributed by atoms with van der Waals surface area (Å²) in [5.74, 6) is 0.893. The number of hydrogen-bond acceptors (Lipinski definition) is 5. The number of fused-ring (bicyclic) bond motifs is 1. The molecule has 0 N–H and O–H groups in total. The summed E-state index contributed by atoms with van der Waals surface area (Å²) in [6, 6.07) is 10.9. The number of Topliss-reactive ketones (excluding diaryl/α,β-unsaturated/α-hetero) is 1. The molecule has 0 bridgehead atoms. The lowest BCUT2D eigenvalue weighted by Crippen LogP contribution is -2.37. The van der Waals surface area contributed by atoms with E-state index < -0.39 is 0 Å². The van der Waals surface area contributed by atoms with Crippen LogP contribution in [0.1, 0.15) is 46.9 Å². The largest absolute Gasteiger partial charge is 0.496 e. The van der Waals surface area contributed by atoms with Crippen LogP contribution in [0.5, 0.6) is 11.5 Å². The summed E-state index contributed by atoms with van der Waals surface area (Å²) in [7, 11) is 1.54. The molecule has 152 valence electrons. The quantitative estimate of drug-likeness (QED) is 0.619. The molecule has 0 spiro atoms. The molecule has 1 atom stereocenters. The van der Waals surface area contributed by atoms with Gasteiger partial charge in [-0.1, -0.05) is 23.7 Å². The number of thioether (sulfide) groups is 1. The minimum absolute atomic E-state index is 0.0218. The molecule has 0 saturated carbocycles. The molecule has 1 unspecified atom stereocenters. The normalized spacial score (nSPS) is 18.9. The molecule has 4 rings (SSSR count). The fraction of sp³-hybridized carbons (Fsp3) is 0.364. The lowest BCUT2D eigenvalue weighted by atomic mass is 10.00. The molecule has 0 aromatic heterocycles. The van der Waals surface area contributed by atoms with Gasteiger partial charge in [-0.2, -0.15) is 0 Å². The van der Waals surface area contributed by atoms with Crippen LogP contribution in [-0.4, -0.2) is 37.0 Å². The smallest absolute Gasteiger partial charge is 0.415 e. The van der Waals surface area contributed by atoms with Crippen molar-refractivity contribution in [2.24, 2.45) is 0 Å². The van der Waals surface area contributed by atoms with Crippen molar-refractivity contribution in [2.75, 3.05) is 20.2 Å². The predicted octanol–water partition coefficient (Wildman–Crippen LogP) is 5.75. The van der Waals surface area contributed by atoms with Gasteiger partial charge in [0.1, 0.15) is 11.5 Å². The van der Waals surface area contributed by atoms with E-state index in [2.05, 4.69) is 0 Å². The van der Waals surface area contributed by atoms with E-state index in [9.17, 15) is 9.59 Å². The van der Waals surface area contributed by atoms with Gasteiger partial charge in [0, 0.05) is 29.8 Å². The van der Waals surface area contributed by atoms with E-state index in [1.54, 1.807) is 17.0 Å². The summed E-state index contributed by atoms with van der Waals surface area (Å²) in [4.78, 5) is 28.0. The molecular weight excluding hydrogens is 410 g/mol. The van der Waals surface area contributed by atoms with Crippen molar-refractivity contribution in [1.29, 1.82) is 0 Å². The summed E-state index contributed by atoms with van der Waals surface area (Å²) in [5, 5.41) is 0.575. The summed E-state index contributed by atoms with van der Waals surface area (Å²) >= 11 is 7.53. The molecule has 29 heavy (non-hydrogen) atoms. The Morgan fingerprint density at radius 2 is 1.76 bits per heavy atom. The first-order valence-corrected chi connectivity index (χ1v) is 11.0. The highest BCUT2D eigenvalue weighted by Gasteiger charge is 2.33. The van der Waals surface area contributed by atoms with Gasteiger partial charge in [0.15, 0.2) is 5.78 Å². The standard InChI is InChI=1S/C22H22ClNO4S/c1-27-17-9-10-18(28-22(26)24-11-3-2-4-12-24)21-20(17)16(25)13-19(29-21)14-5-7-15(23)8-6-14/h5-10,19H,2-4,11-13H2,1H3. The van der Waals surface area contributed by atoms with Crippen LogP contribution in [-0.2, 0) is 0 Å². The summed E-state index contributed by atoms with van der Waals surface area (Å²) in [6.45, 7) is 1.41. The average Bonchev–Trinajstić information content (AvgIpc) is 2.75. The van der Waals surface area contributed by atoms with Crippen molar-refractivity contribution >= 4 is 35.2 Å². The number of methoxy groups -OCH3 is 1. The van der Waals surface area contributed by atoms with Crippen LogP contribution in [0, 0.1) is 0 Å². The van der Waals surface area contributed by atoms with Gasteiger partial charge in [0.25, 0.3) is 0 Å². The van der Waals surface area contributed by atoms with Gasteiger partial charge < -0.3 is 14.4 Å². The summed E-state index contributed by atoms with van der Waals surface area (Å²) in [5.41, 5.74) is 1.50. The van der Waals surface area contributed by atoms with Gasteiger partial charge in [-0.05, 0) is 49.1 Å². The number of ketones is 1. The summed E-state index contributed by atoms with van der Waals surface area (Å²) < 4.78 is 11.2. The second-order valence-electron chi connectivity index (χ2n) is 7.17. The number of ether oxygens (including phenoxy) is 2. The molecule has 2 aromatic carbocycles. The van der Waals surface area contributed by atoms with Crippen molar-refractivity contribution in [2.45, 2.75) is 35.8 Å². The van der Waals surface area contributed by atoms with Crippen molar-refractivity contribution < 1.29 is 19.1 Å². The van der Waals surface area contributed by atoms with Crippen LogP contribution >= 0.6 is 23.4 Å². The molecule has 0 radical (unpaired) electrons. The molecule has 2 aromatic rings. The Bertz CT molecular complexity index is 925. The number of rotatable bonds is 3. The fourth-order valence-electron chi connectivity index (χ4n) is 3.73. The first kappa shape index (κ1) is 20.1. The monoisotopic (exact) mass is 431 g/mol. The Morgan fingerprint density at radius 1 is 1.07 bits per heavy atom. The van der Waals surface area contributed by atoms with Crippen LogP contribution in [0.25, 0.3) is 0 Å². The van der Waals surface area contributed by atoms with E-state index in [4.69, 9.17) is 21.1 Å². The van der Waals surface area contributed by atoms with E-state index in [1.807, 2.05) is 24.3 Å². The van der Waals surface area contributed by atoms with Crippen molar-refractivity contribution in [3.05, 3.63) is 52.5 Å². The van der Waals surface area contributed by atoms with Gasteiger partial charge in [-0.25, -0.2) is 4.79 Å². The number of amides is 1. The number of carbonyl (C=O) groups is 2. The topological polar surface area (TPSA) is 55.8 Å². The molecular formula is C22H22ClNO4S. The van der Waals surface area contributed by atoms with E-state index in [0.717, 1.165) is 24.8 Å². The van der Waals surface area contributed by atoms with E-state index in [-0.39, 0.29) is 17.1 Å². The Kier molecular flexibility index (Phi) is 6.01. The highest BCUT2D eigenvalue weighted by atomic mass is 35.5.